The van der Waals surface area contributed by atoms with Crippen LogP contribution in [0.5, 0.6) is 0 Å². The summed E-state index contributed by atoms with van der Waals surface area (Å²) >= 11 is 3.97. The van der Waals surface area contributed by atoms with Crippen LogP contribution in [0.25, 0.3) is 0 Å². The molecule has 0 aromatic heterocycles. The summed E-state index contributed by atoms with van der Waals surface area (Å²) in [6.07, 6.45) is -0.391. The highest BCUT2D eigenvalue weighted by molar-refractivity contribution is 7.80. The summed E-state index contributed by atoms with van der Waals surface area (Å²) in [5, 5.41) is 27.3. The van der Waals surface area contributed by atoms with Gasteiger partial charge < -0.3 is 24.8 Å². The van der Waals surface area contributed by atoms with E-state index in [1.807, 2.05) is 0 Å². The third-order valence-corrected chi connectivity index (χ3v) is 2.17. The van der Waals surface area contributed by atoms with Gasteiger partial charge in [-0.1, -0.05) is 0 Å². The summed E-state index contributed by atoms with van der Waals surface area (Å²) in [5.41, 5.74) is 0. The first-order valence-corrected chi connectivity index (χ1v) is 6.12. The largest absolute Gasteiger partial charge is 0.396 e. The molecule has 0 saturated carbocycles. The lowest BCUT2D eigenvalue weighted by Crippen LogP contribution is -2.30. The van der Waals surface area contributed by atoms with Gasteiger partial charge in [0.15, 0.2) is 6.29 Å². The Labute approximate surface area is 102 Å². The fraction of sp³-hybridized carbons (Fsp3) is 1.00. The van der Waals surface area contributed by atoms with Crippen molar-refractivity contribution in [2.45, 2.75) is 31.7 Å². The van der Waals surface area contributed by atoms with Gasteiger partial charge in [-0.3, -0.25) is 0 Å². The van der Waals surface area contributed by atoms with Crippen molar-refractivity contribution >= 4 is 12.6 Å². The van der Waals surface area contributed by atoms with Crippen molar-refractivity contribution in [1.29, 1.82) is 0 Å². The summed E-state index contributed by atoms with van der Waals surface area (Å²) in [5.74, 6) is 0.645. The topological polar surface area (TPSA) is 79.2 Å². The predicted octanol–water partition coefficient (Wildman–Crippen LogP) is -0.209. The number of unbranched alkanes of at least 4 members (excludes halogenated alkanes) is 1. The third kappa shape index (κ3) is 9.38. The minimum atomic E-state index is -1.18. The van der Waals surface area contributed by atoms with E-state index in [4.69, 9.17) is 14.6 Å². The number of hydrogen-bond donors (Lipinski definition) is 4. The molecular formula is C10H22O5S. The van der Waals surface area contributed by atoms with Crippen molar-refractivity contribution in [2.24, 2.45) is 0 Å². The molecule has 0 radical (unpaired) electrons. The minimum absolute atomic E-state index is 0.0985. The van der Waals surface area contributed by atoms with Crippen molar-refractivity contribution in [2.75, 3.05) is 32.2 Å². The molecule has 0 aromatic carbocycles. The predicted molar refractivity (Wildman–Crippen MR) is 63.6 cm³/mol. The molecule has 0 saturated heterocycles. The molecule has 0 rings (SSSR count). The van der Waals surface area contributed by atoms with Crippen LogP contribution < -0.4 is 0 Å². The molecule has 98 valence electrons. The van der Waals surface area contributed by atoms with E-state index in [2.05, 4.69) is 12.6 Å². The van der Waals surface area contributed by atoms with Crippen molar-refractivity contribution in [1.82, 2.24) is 0 Å². The maximum atomic E-state index is 9.44. The first kappa shape index (κ1) is 16.1. The summed E-state index contributed by atoms with van der Waals surface area (Å²) < 4.78 is 10.1. The normalized spacial score (nSPS) is 15.0. The molecule has 5 nitrogen and oxygen atoms in total. The van der Waals surface area contributed by atoms with Crippen LogP contribution in [0, 0.1) is 0 Å². The Morgan fingerprint density at radius 1 is 1.06 bits per heavy atom. The number of aliphatic hydroxyl groups is 3. The quantitative estimate of drug-likeness (QED) is 0.233. The van der Waals surface area contributed by atoms with Crippen LogP contribution in [0.15, 0.2) is 0 Å². The van der Waals surface area contributed by atoms with Gasteiger partial charge in [-0.25, -0.2) is 0 Å². The molecular weight excluding hydrogens is 232 g/mol. The van der Waals surface area contributed by atoms with E-state index in [-0.39, 0.29) is 13.2 Å². The van der Waals surface area contributed by atoms with E-state index in [1.54, 1.807) is 0 Å². The SMILES string of the molecule is OCCCCC(O)C(O)OCCOCCS. The number of aliphatic hydroxyl groups excluding tert-OH is 3. The van der Waals surface area contributed by atoms with Gasteiger partial charge in [-0.2, -0.15) is 12.6 Å². The zero-order valence-electron chi connectivity index (χ0n) is 9.42. The zero-order valence-corrected chi connectivity index (χ0v) is 10.3. The number of thiol groups is 1. The van der Waals surface area contributed by atoms with Crippen molar-refractivity contribution in [3.8, 4) is 0 Å². The molecule has 0 bridgehead atoms. The number of hydrogen-bond acceptors (Lipinski definition) is 6. The Balaban J connectivity index is 3.36. The van der Waals surface area contributed by atoms with Crippen molar-refractivity contribution in [3.05, 3.63) is 0 Å². The lowest BCUT2D eigenvalue weighted by molar-refractivity contribution is -0.169. The molecule has 16 heavy (non-hydrogen) atoms. The monoisotopic (exact) mass is 254 g/mol. The molecule has 6 heteroatoms. The van der Waals surface area contributed by atoms with Crippen LogP contribution in [-0.2, 0) is 9.47 Å². The van der Waals surface area contributed by atoms with Crippen LogP contribution in [0.2, 0.25) is 0 Å². The molecule has 3 N–H and O–H groups in total. The summed E-state index contributed by atoms with van der Waals surface area (Å²) in [6, 6.07) is 0. The molecule has 2 unspecified atom stereocenters. The second-order valence-corrected chi connectivity index (χ2v) is 3.83. The second kappa shape index (κ2) is 11.6. The van der Waals surface area contributed by atoms with Crippen molar-refractivity contribution < 1.29 is 24.8 Å². The van der Waals surface area contributed by atoms with E-state index < -0.39 is 12.4 Å². The highest BCUT2D eigenvalue weighted by Crippen LogP contribution is 2.05. The van der Waals surface area contributed by atoms with E-state index >= 15 is 0 Å². The lowest BCUT2D eigenvalue weighted by atomic mass is 10.1. The molecule has 0 aliphatic heterocycles. The van der Waals surface area contributed by atoms with Crippen molar-refractivity contribution in [3.63, 3.8) is 0 Å². The minimum Gasteiger partial charge on any atom is -0.396 e. The molecule has 0 aliphatic rings. The average molecular weight is 254 g/mol. The zero-order chi connectivity index (χ0) is 12.2. The lowest BCUT2D eigenvalue weighted by Gasteiger charge is -2.18. The fourth-order valence-corrected chi connectivity index (χ4v) is 1.24. The van der Waals surface area contributed by atoms with Crippen LogP contribution in [-0.4, -0.2) is 59.9 Å². The summed E-state index contributed by atoms with van der Waals surface area (Å²) in [7, 11) is 0. The Kier molecular flexibility index (Phi) is 11.7. The fourth-order valence-electron chi connectivity index (χ4n) is 1.11. The molecule has 0 aliphatic carbocycles. The van der Waals surface area contributed by atoms with E-state index in [0.717, 1.165) is 0 Å². The first-order chi connectivity index (χ1) is 7.72. The molecule has 2 atom stereocenters. The Hall–Kier alpha value is 0.150. The van der Waals surface area contributed by atoms with Gasteiger partial charge in [-0.05, 0) is 19.3 Å². The van der Waals surface area contributed by atoms with Gasteiger partial charge in [-0.15, -0.1) is 0 Å². The van der Waals surface area contributed by atoms with Crippen LogP contribution in [0.3, 0.4) is 0 Å². The Morgan fingerprint density at radius 2 is 1.81 bits per heavy atom. The van der Waals surface area contributed by atoms with E-state index in [1.165, 1.54) is 0 Å². The van der Waals surface area contributed by atoms with Crippen LogP contribution in [0.4, 0.5) is 0 Å². The first-order valence-electron chi connectivity index (χ1n) is 5.49. The summed E-state index contributed by atoms with van der Waals surface area (Å²) in [6.45, 7) is 1.26. The standard InChI is InChI=1S/C10H22O5S/c11-4-2-1-3-9(12)10(13)15-6-5-14-7-8-16/h9-13,16H,1-8H2. The number of ether oxygens (including phenoxy) is 2. The Bertz CT molecular complexity index is 147. The Morgan fingerprint density at radius 3 is 2.44 bits per heavy atom. The number of rotatable bonds is 11. The van der Waals surface area contributed by atoms with Gasteiger partial charge in [0.1, 0.15) is 6.10 Å². The average Bonchev–Trinajstić information content (AvgIpc) is 2.28. The van der Waals surface area contributed by atoms with Crippen LogP contribution >= 0.6 is 12.6 Å². The molecule has 0 heterocycles. The van der Waals surface area contributed by atoms with Gasteiger partial charge in [0.25, 0.3) is 0 Å². The van der Waals surface area contributed by atoms with E-state index in [0.29, 0.717) is 38.2 Å². The third-order valence-electron chi connectivity index (χ3n) is 1.99. The highest BCUT2D eigenvalue weighted by atomic mass is 32.1. The maximum Gasteiger partial charge on any atom is 0.180 e. The molecule has 0 fully saturated rings. The van der Waals surface area contributed by atoms with Gasteiger partial charge >= 0.3 is 0 Å². The van der Waals surface area contributed by atoms with Gasteiger partial charge in [0.2, 0.25) is 0 Å². The van der Waals surface area contributed by atoms with E-state index in [9.17, 15) is 10.2 Å². The highest BCUT2D eigenvalue weighted by Gasteiger charge is 2.15. The molecule has 0 aromatic rings. The van der Waals surface area contributed by atoms with Gasteiger partial charge in [0.05, 0.1) is 19.8 Å². The second-order valence-electron chi connectivity index (χ2n) is 3.38. The maximum absolute atomic E-state index is 9.44. The van der Waals surface area contributed by atoms with Crippen LogP contribution in [0.1, 0.15) is 19.3 Å². The molecule has 0 spiro atoms. The molecule has 0 amide bonds. The smallest absolute Gasteiger partial charge is 0.180 e. The van der Waals surface area contributed by atoms with Gasteiger partial charge in [0, 0.05) is 12.4 Å². The summed E-state index contributed by atoms with van der Waals surface area (Å²) in [4.78, 5) is 0.